The van der Waals surface area contributed by atoms with Crippen LogP contribution in [0.2, 0.25) is 0 Å². The van der Waals surface area contributed by atoms with Gasteiger partial charge in [0.1, 0.15) is 18.2 Å². The predicted molar refractivity (Wildman–Crippen MR) is 114 cm³/mol. The number of imidazole rings is 1. The molecular weight excluding hydrogens is 441 g/mol. The quantitative estimate of drug-likeness (QED) is 0.524. The maximum atomic E-state index is 12.6. The number of alkyl halides is 3. The van der Waals surface area contributed by atoms with Crippen molar-refractivity contribution in [3.8, 4) is 22.6 Å². The molecule has 1 aliphatic rings. The molecule has 0 bridgehead atoms. The summed E-state index contributed by atoms with van der Waals surface area (Å²) in [5.41, 5.74) is 8.76. The van der Waals surface area contributed by atoms with Crippen LogP contribution >= 0.6 is 0 Å². The van der Waals surface area contributed by atoms with E-state index in [4.69, 9.17) is 19.9 Å². The maximum Gasteiger partial charge on any atom is 0.411 e. The topological polar surface area (TPSA) is 109 Å². The van der Waals surface area contributed by atoms with Crippen molar-refractivity contribution >= 4 is 11.8 Å². The van der Waals surface area contributed by atoms with E-state index in [0.29, 0.717) is 35.9 Å². The van der Waals surface area contributed by atoms with Gasteiger partial charge in [0.25, 0.3) is 0 Å². The molecule has 1 aliphatic heterocycles. The number of methoxy groups -OCH3 is 1. The van der Waals surface area contributed by atoms with Gasteiger partial charge in [-0.25, -0.2) is 9.97 Å². The van der Waals surface area contributed by atoms with Crippen LogP contribution in [0.25, 0.3) is 16.8 Å². The highest BCUT2D eigenvalue weighted by Crippen LogP contribution is 2.36. The van der Waals surface area contributed by atoms with E-state index in [9.17, 15) is 13.2 Å². The first-order valence-corrected chi connectivity index (χ1v) is 10.1. The number of halogens is 3. The minimum Gasteiger partial charge on any atom is -0.495 e. The van der Waals surface area contributed by atoms with Crippen LogP contribution in [0.4, 0.5) is 24.9 Å². The van der Waals surface area contributed by atoms with Gasteiger partial charge in [-0.05, 0) is 24.6 Å². The highest BCUT2D eigenvalue weighted by Gasteiger charge is 2.28. The van der Waals surface area contributed by atoms with Crippen molar-refractivity contribution in [2.45, 2.75) is 25.7 Å². The van der Waals surface area contributed by atoms with Crippen molar-refractivity contribution in [1.29, 1.82) is 0 Å². The number of nitrogens with one attached hydrogen (secondary N) is 1. The molecule has 0 saturated carbocycles. The minimum absolute atomic E-state index is 0.00270. The van der Waals surface area contributed by atoms with Crippen LogP contribution in [0.5, 0.6) is 5.75 Å². The third kappa shape index (κ3) is 5.34. The first-order chi connectivity index (χ1) is 15.7. The van der Waals surface area contributed by atoms with Gasteiger partial charge in [0, 0.05) is 11.8 Å². The van der Waals surface area contributed by atoms with Crippen molar-refractivity contribution < 1.29 is 27.4 Å². The number of hydrogen-bond acceptors (Lipinski definition) is 8. The number of nitrogens with two attached hydrogens (primary N) is 1. The van der Waals surface area contributed by atoms with E-state index < -0.39 is 19.4 Å². The van der Waals surface area contributed by atoms with Crippen LogP contribution in [-0.4, -0.2) is 58.7 Å². The molecule has 33 heavy (non-hydrogen) atoms. The normalized spacial score (nSPS) is 14.2. The lowest BCUT2D eigenvalue weighted by Crippen LogP contribution is -2.40. The van der Waals surface area contributed by atoms with Gasteiger partial charge in [0.05, 0.1) is 56.4 Å². The van der Waals surface area contributed by atoms with Gasteiger partial charge in [-0.2, -0.15) is 18.2 Å². The lowest BCUT2D eigenvalue weighted by Gasteiger charge is -2.28. The number of anilines is 2. The Labute approximate surface area is 187 Å². The Kier molecular flexibility index (Phi) is 6.38. The summed E-state index contributed by atoms with van der Waals surface area (Å²) in [5.74, 6) is 0.834. The highest BCUT2D eigenvalue weighted by molar-refractivity contribution is 5.80. The molecule has 0 atom stereocenters. The number of benzene rings is 1. The fourth-order valence-electron chi connectivity index (χ4n) is 3.41. The molecule has 1 fully saturated rings. The molecular formula is C21H23F3N6O3. The van der Waals surface area contributed by atoms with E-state index in [-0.39, 0.29) is 17.7 Å². The van der Waals surface area contributed by atoms with Gasteiger partial charge in [-0.15, -0.1) is 0 Å². The van der Waals surface area contributed by atoms with Gasteiger partial charge in [-0.3, -0.25) is 0 Å². The summed E-state index contributed by atoms with van der Waals surface area (Å²) in [6, 6.07) is 5.38. The molecule has 0 spiro atoms. The van der Waals surface area contributed by atoms with E-state index in [1.165, 1.54) is 7.11 Å². The van der Waals surface area contributed by atoms with E-state index in [0.717, 1.165) is 11.4 Å². The third-order valence-electron chi connectivity index (χ3n) is 4.94. The van der Waals surface area contributed by atoms with Gasteiger partial charge >= 0.3 is 6.18 Å². The molecule has 0 radical (unpaired) electrons. The predicted octanol–water partition coefficient (Wildman–Crippen LogP) is 3.12. The Morgan fingerprint density at radius 3 is 2.67 bits per heavy atom. The molecule has 3 N–H and O–H groups in total. The van der Waals surface area contributed by atoms with E-state index in [1.54, 1.807) is 18.5 Å². The standard InChI is InChI=1S/C21H23F3N6O3/c1-12-6-30(11-26-12)16-4-3-13(5-17(16)31-2)18-15(9-33-10-21(22,23)24)28-20(25)29-19(18)27-14-7-32-8-14/h3-6,11,14H,7-10H2,1-2H3,(H3,25,27,28,29). The van der Waals surface area contributed by atoms with Crippen molar-refractivity contribution in [2.24, 2.45) is 0 Å². The Hall–Kier alpha value is -3.38. The Balaban J connectivity index is 1.76. The maximum absolute atomic E-state index is 12.6. The summed E-state index contributed by atoms with van der Waals surface area (Å²) in [6.07, 6.45) is -0.945. The largest absolute Gasteiger partial charge is 0.495 e. The van der Waals surface area contributed by atoms with Crippen LogP contribution in [0.1, 0.15) is 11.4 Å². The second-order valence-electron chi connectivity index (χ2n) is 7.55. The van der Waals surface area contributed by atoms with E-state index in [2.05, 4.69) is 20.3 Å². The van der Waals surface area contributed by atoms with Crippen LogP contribution in [-0.2, 0) is 16.1 Å². The molecule has 1 aromatic carbocycles. The van der Waals surface area contributed by atoms with Gasteiger partial charge in [0.15, 0.2) is 0 Å². The molecule has 9 nitrogen and oxygen atoms in total. The number of ether oxygens (including phenoxy) is 3. The Morgan fingerprint density at radius 1 is 1.27 bits per heavy atom. The van der Waals surface area contributed by atoms with Gasteiger partial charge in [0.2, 0.25) is 5.95 Å². The fourth-order valence-corrected chi connectivity index (χ4v) is 3.41. The number of rotatable bonds is 8. The third-order valence-corrected chi connectivity index (χ3v) is 4.94. The summed E-state index contributed by atoms with van der Waals surface area (Å²) in [5, 5.41) is 3.23. The average molecular weight is 464 g/mol. The fraction of sp³-hybridized carbons (Fsp3) is 0.381. The summed E-state index contributed by atoms with van der Waals surface area (Å²) in [6.45, 7) is 1.02. The number of aromatic nitrogens is 4. The lowest BCUT2D eigenvalue weighted by atomic mass is 10.0. The molecule has 0 aliphatic carbocycles. The second-order valence-corrected chi connectivity index (χ2v) is 7.55. The van der Waals surface area contributed by atoms with Crippen molar-refractivity contribution in [2.75, 3.05) is 38.0 Å². The van der Waals surface area contributed by atoms with Crippen molar-refractivity contribution in [3.63, 3.8) is 0 Å². The second kappa shape index (κ2) is 9.24. The molecule has 3 aromatic rings. The Morgan fingerprint density at radius 2 is 2.06 bits per heavy atom. The Bertz CT molecular complexity index is 1130. The molecule has 4 rings (SSSR count). The SMILES string of the molecule is COc1cc(-c2c(COCC(F)(F)F)nc(N)nc2NC2COC2)ccc1-n1cnc(C)c1. The van der Waals surface area contributed by atoms with Crippen molar-refractivity contribution in [1.82, 2.24) is 19.5 Å². The molecule has 12 heteroatoms. The summed E-state index contributed by atoms with van der Waals surface area (Å²) in [4.78, 5) is 12.7. The molecule has 1 saturated heterocycles. The summed E-state index contributed by atoms with van der Waals surface area (Å²) >= 11 is 0. The summed E-state index contributed by atoms with van der Waals surface area (Å²) in [7, 11) is 1.53. The van der Waals surface area contributed by atoms with Crippen LogP contribution in [0, 0.1) is 6.92 Å². The number of hydrogen-bond donors (Lipinski definition) is 2. The smallest absolute Gasteiger partial charge is 0.411 e. The monoisotopic (exact) mass is 464 g/mol. The minimum atomic E-state index is -4.46. The molecule has 3 heterocycles. The number of aryl methyl sites for hydroxylation is 1. The van der Waals surface area contributed by atoms with E-state index >= 15 is 0 Å². The zero-order valence-electron chi connectivity index (χ0n) is 18.0. The average Bonchev–Trinajstić information content (AvgIpc) is 3.15. The zero-order valence-corrected chi connectivity index (χ0v) is 18.0. The summed E-state index contributed by atoms with van der Waals surface area (Å²) < 4.78 is 55.4. The van der Waals surface area contributed by atoms with Crippen LogP contribution in [0.3, 0.4) is 0 Å². The van der Waals surface area contributed by atoms with Gasteiger partial charge in [-0.1, -0.05) is 6.07 Å². The van der Waals surface area contributed by atoms with Crippen LogP contribution < -0.4 is 15.8 Å². The molecule has 0 amide bonds. The molecule has 176 valence electrons. The molecule has 2 aromatic heterocycles. The first kappa shape index (κ1) is 22.8. The van der Waals surface area contributed by atoms with E-state index in [1.807, 2.05) is 23.8 Å². The van der Waals surface area contributed by atoms with Gasteiger partial charge < -0.3 is 29.8 Å². The number of nitrogens with zero attached hydrogens (tertiary/aromatic N) is 4. The first-order valence-electron chi connectivity index (χ1n) is 10.1. The van der Waals surface area contributed by atoms with Crippen molar-refractivity contribution in [3.05, 3.63) is 42.1 Å². The highest BCUT2D eigenvalue weighted by atomic mass is 19.4. The number of nitrogen functional groups attached to an aromatic ring is 1. The van der Waals surface area contributed by atoms with Crippen LogP contribution in [0.15, 0.2) is 30.7 Å². The zero-order chi connectivity index (χ0) is 23.6. The lowest BCUT2D eigenvalue weighted by molar-refractivity contribution is -0.176. The molecule has 0 unspecified atom stereocenters.